The summed E-state index contributed by atoms with van der Waals surface area (Å²) < 4.78 is 0. The molecular formula is C12H10O2. The van der Waals surface area contributed by atoms with Crippen molar-refractivity contribution in [2.24, 2.45) is 0 Å². The molecule has 0 heterocycles. The lowest BCUT2D eigenvalue weighted by Gasteiger charge is -1.88. The zero-order valence-corrected chi connectivity index (χ0v) is 7.59. The number of hydrogen-bond donors (Lipinski definition) is 0. The van der Waals surface area contributed by atoms with E-state index in [4.69, 9.17) is 0 Å². The molecule has 0 bridgehead atoms. The molecule has 0 aliphatic heterocycles. The van der Waals surface area contributed by atoms with Crippen molar-refractivity contribution in [2.75, 3.05) is 0 Å². The van der Waals surface area contributed by atoms with Gasteiger partial charge in [0.15, 0.2) is 12.6 Å². The van der Waals surface area contributed by atoms with Crippen LogP contribution in [0.4, 0.5) is 0 Å². The minimum Gasteiger partial charge on any atom is -0.298 e. The van der Waals surface area contributed by atoms with Gasteiger partial charge in [0.2, 0.25) is 0 Å². The van der Waals surface area contributed by atoms with Crippen LogP contribution in [-0.2, 0) is 9.59 Å². The standard InChI is InChI=1S/C12H10O2/c13-9-12(10-14)8-4-7-11-5-2-1-3-6-11/h1-10H/b7-4+. The quantitative estimate of drug-likeness (QED) is 0.237. The molecule has 1 aromatic carbocycles. The van der Waals surface area contributed by atoms with Gasteiger partial charge in [-0.05, 0) is 11.6 Å². The highest BCUT2D eigenvalue weighted by Crippen LogP contribution is 2.01. The largest absolute Gasteiger partial charge is 0.298 e. The molecule has 0 aromatic heterocycles. The van der Waals surface area contributed by atoms with Crippen molar-refractivity contribution in [3.8, 4) is 0 Å². The van der Waals surface area contributed by atoms with E-state index in [1.165, 1.54) is 6.08 Å². The molecule has 0 aliphatic rings. The molecule has 1 aromatic rings. The second-order valence-electron chi connectivity index (χ2n) is 2.67. The predicted octanol–water partition coefficient (Wildman–Crippen LogP) is 2.02. The van der Waals surface area contributed by atoms with Gasteiger partial charge in [-0.3, -0.25) is 9.59 Å². The van der Waals surface area contributed by atoms with Gasteiger partial charge >= 0.3 is 0 Å². The third-order valence-electron chi connectivity index (χ3n) is 1.65. The van der Waals surface area contributed by atoms with E-state index >= 15 is 0 Å². The zero-order chi connectivity index (χ0) is 10.2. The van der Waals surface area contributed by atoms with Crippen LogP contribution in [-0.4, -0.2) is 12.6 Å². The van der Waals surface area contributed by atoms with Crippen molar-refractivity contribution < 1.29 is 9.59 Å². The monoisotopic (exact) mass is 186 g/mol. The fourth-order valence-electron chi connectivity index (χ4n) is 0.941. The van der Waals surface area contributed by atoms with E-state index in [1.807, 2.05) is 36.4 Å². The SMILES string of the molecule is O=CC(C=O)=C/C=C/c1ccccc1. The average Bonchev–Trinajstić information content (AvgIpc) is 2.26. The van der Waals surface area contributed by atoms with E-state index < -0.39 is 0 Å². The van der Waals surface area contributed by atoms with Gasteiger partial charge in [-0.15, -0.1) is 0 Å². The van der Waals surface area contributed by atoms with Crippen LogP contribution in [0.2, 0.25) is 0 Å². The van der Waals surface area contributed by atoms with Gasteiger partial charge in [0.25, 0.3) is 0 Å². The summed E-state index contributed by atoms with van der Waals surface area (Å²) in [7, 11) is 0. The van der Waals surface area contributed by atoms with Crippen molar-refractivity contribution in [1.29, 1.82) is 0 Å². The maximum atomic E-state index is 10.2. The first-order chi connectivity index (χ1) is 6.86. The second-order valence-corrected chi connectivity index (χ2v) is 2.67. The fraction of sp³-hybridized carbons (Fsp3) is 0. The van der Waals surface area contributed by atoms with Crippen LogP contribution in [0.15, 0.2) is 48.1 Å². The molecule has 0 amide bonds. The summed E-state index contributed by atoms with van der Waals surface area (Å²) in [5, 5.41) is 0. The Labute approximate surface area is 82.6 Å². The predicted molar refractivity (Wildman–Crippen MR) is 55.7 cm³/mol. The van der Waals surface area contributed by atoms with Crippen molar-refractivity contribution >= 4 is 18.6 Å². The lowest BCUT2D eigenvalue weighted by Crippen LogP contribution is -1.82. The minimum atomic E-state index is 0.136. The molecule has 0 fully saturated rings. The highest BCUT2D eigenvalue weighted by molar-refractivity contribution is 5.99. The molecule has 1 rings (SSSR count). The topological polar surface area (TPSA) is 34.1 Å². The molecule has 0 saturated heterocycles. The third-order valence-corrected chi connectivity index (χ3v) is 1.65. The maximum Gasteiger partial charge on any atom is 0.153 e. The summed E-state index contributed by atoms with van der Waals surface area (Å²) >= 11 is 0. The highest BCUT2D eigenvalue weighted by atomic mass is 16.1. The Kier molecular flexibility index (Phi) is 4.08. The molecule has 0 spiro atoms. The molecule has 0 aliphatic carbocycles. The van der Waals surface area contributed by atoms with Gasteiger partial charge in [-0.25, -0.2) is 0 Å². The van der Waals surface area contributed by atoms with Crippen LogP contribution in [0.5, 0.6) is 0 Å². The first-order valence-electron chi connectivity index (χ1n) is 4.20. The molecule has 70 valence electrons. The number of allylic oxidation sites excluding steroid dienone is 3. The Balaban J connectivity index is 2.70. The molecule has 14 heavy (non-hydrogen) atoms. The lowest BCUT2D eigenvalue weighted by molar-refractivity contribution is -0.109. The number of carbonyl (C=O) groups is 2. The normalized spacial score (nSPS) is 9.71. The molecule has 2 nitrogen and oxygen atoms in total. The van der Waals surface area contributed by atoms with E-state index in [0.29, 0.717) is 12.6 Å². The molecule has 0 atom stereocenters. The molecule has 0 unspecified atom stereocenters. The van der Waals surface area contributed by atoms with E-state index in [-0.39, 0.29) is 5.57 Å². The molecule has 0 saturated carbocycles. The van der Waals surface area contributed by atoms with E-state index in [9.17, 15) is 9.59 Å². The van der Waals surface area contributed by atoms with Gasteiger partial charge < -0.3 is 0 Å². The summed E-state index contributed by atoms with van der Waals surface area (Å²) in [6, 6.07) is 9.64. The number of hydrogen-bond acceptors (Lipinski definition) is 2. The third kappa shape index (κ3) is 3.19. The Morgan fingerprint density at radius 3 is 2.21 bits per heavy atom. The minimum absolute atomic E-state index is 0.136. The Bertz CT molecular complexity index is 351. The number of carbonyl (C=O) groups excluding carboxylic acids is 2. The molecular weight excluding hydrogens is 176 g/mol. The van der Waals surface area contributed by atoms with Gasteiger partial charge in [0.1, 0.15) is 0 Å². The molecule has 2 heteroatoms. The average molecular weight is 186 g/mol. The van der Waals surface area contributed by atoms with Crippen molar-refractivity contribution in [1.82, 2.24) is 0 Å². The number of rotatable bonds is 4. The van der Waals surface area contributed by atoms with Crippen molar-refractivity contribution in [3.05, 3.63) is 53.6 Å². The van der Waals surface area contributed by atoms with Crippen LogP contribution in [0.1, 0.15) is 5.56 Å². The summed E-state index contributed by atoms with van der Waals surface area (Å²) in [5.74, 6) is 0. The van der Waals surface area contributed by atoms with E-state index in [2.05, 4.69) is 0 Å². The first kappa shape index (κ1) is 10.1. The highest BCUT2D eigenvalue weighted by Gasteiger charge is 1.86. The van der Waals surface area contributed by atoms with Gasteiger partial charge in [-0.1, -0.05) is 42.5 Å². The maximum absolute atomic E-state index is 10.2. The second kappa shape index (κ2) is 5.65. The number of aldehydes is 2. The summed E-state index contributed by atoms with van der Waals surface area (Å²) in [6.45, 7) is 0. The summed E-state index contributed by atoms with van der Waals surface area (Å²) in [5.41, 5.74) is 1.16. The van der Waals surface area contributed by atoms with Gasteiger partial charge in [0.05, 0.1) is 5.57 Å². The molecule has 0 N–H and O–H groups in total. The first-order valence-corrected chi connectivity index (χ1v) is 4.20. The van der Waals surface area contributed by atoms with Gasteiger partial charge in [-0.2, -0.15) is 0 Å². The van der Waals surface area contributed by atoms with Crippen LogP contribution in [0, 0.1) is 0 Å². The Morgan fingerprint density at radius 2 is 1.64 bits per heavy atom. The van der Waals surface area contributed by atoms with Crippen LogP contribution >= 0.6 is 0 Å². The van der Waals surface area contributed by atoms with Crippen molar-refractivity contribution in [3.63, 3.8) is 0 Å². The van der Waals surface area contributed by atoms with Crippen LogP contribution < -0.4 is 0 Å². The summed E-state index contributed by atoms with van der Waals surface area (Å²) in [4.78, 5) is 20.5. The smallest absolute Gasteiger partial charge is 0.153 e. The Hall–Kier alpha value is -1.96. The van der Waals surface area contributed by atoms with Crippen LogP contribution in [0.25, 0.3) is 6.08 Å². The fourth-order valence-corrected chi connectivity index (χ4v) is 0.941. The number of benzene rings is 1. The van der Waals surface area contributed by atoms with Crippen molar-refractivity contribution in [2.45, 2.75) is 0 Å². The lowest BCUT2D eigenvalue weighted by atomic mass is 10.2. The van der Waals surface area contributed by atoms with E-state index in [0.717, 1.165) is 5.56 Å². The summed E-state index contributed by atoms with van der Waals surface area (Å²) in [6.07, 6.45) is 6.04. The molecule has 0 radical (unpaired) electrons. The van der Waals surface area contributed by atoms with Gasteiger partial charge in [0, 0.05) is 0 Å². The van der Waals surface area contributed by atoms with Crippen LogP contribution in [0.3, 0.4) is 0 Å². The zero-order valence-electron chi connectivity index (χ0n) is 7.59. The Morgan fingerprint density at radius 1 is 1.00 bits per heavy atom. The van der Waals surface area contributed by atoms with E-state index in [1.54, 1.807) is 6.08 Å².